The maximum atomic E-state index is 12.2. The molecule has 5 heteroatoms. The minimum absolute atomic E-state index is 0.0367. The average Bonchev–Trinajstić information content (AvgIpc) is 2.59. The zero-order chi connectivity index (χ0) is 18.4. The number of thioether (sulfide) groups is 1. The number of benzene rings is 2. The molecule has 0 bridgehead atoms. The molecule has 0 aliphatic rings. The van der Waals surface area contributed by atoms with Crippen LogP contribution in [0.25, 0.3) is 0 Å². The van der Waals surface area contributed by atoms with Crippen molar-refractivity contribution in [3.8, 4) is 0 Å². The lowest BCUT2D eigenvalue weighted by Crippen LogP contribution is -2.37. The summed E-state index contributed by atoms with van der Waals surface area (Å²) in [5, 5.41) is 5.27. The van der Waals surface area contributed by atoms with Crippen LogP contribution in [0.1, 0.15) is 23.6 Å². The molecule has 0 aromatic heterocycles. The normalized spacial score (nSPS) is 11.7. The van der Waals surface area contributed by atoms with E-state index in [0.717, 1.165) is 21.7 Å². The zero-order valence-electron chi connectivity index (χ0n) is 15.1. The molecule has 0 aliphatic carbocycles. The summed E-state index contributed by atoms with van der Waals surface area (Å²) in [5.41, 5.74) is 4.11. The maximum absolute atomic E-state index is 12.2. The number of hydrogen-bond donors (Lipinski definition) is 2. The highest BCUT2D eigenvalue weighted by Gasteiger charge is 2.15. The van der Waals surface area contributed by atoms with E-state index in [4.69, 9.17) is 0 Å². The van der Waals surface area contributed by atoms with Crippen LogP contribution in [0, 0.1) is 20.8 Å². The Morgan fingerprint density at radius 3 is 2.40 bits per heavy atom. The first-order valence-electron chi connectivity index (χ1n) is 8.24. The first-order valence-corrected chi connectivity index (χ1v) is 9.12. The lowest BCUT2D eigenvalue weighted by Gasteiger charge is -2.13. The third-order valence-electron chi connectivity index (χ3n) is 4.00. The van der Waals surface area contributed by atoms with E-state index >= 15 is 0 Å². The molecule has 2 amide bonds. The molecule has 2 aromatic rings. The van der Waals surface area contributed by atoms with Crippen molar-refractivity contribution < 1.29 is 9.59 Å². The van der Waals surface area contributed by atoms with Crippen molar-refractivity contribution in [3.05, 3.63) is 59.2 Å². The number of carbonyl (C=O) groups excluding carboxylic acids is 2. The van der Waals surface area contributed by atoms with E-state index in [9.17, 15) is 9.59 Å². The average molecular weight is 356 g/mol. The summed E-state index contributed by atoms with van der Waals surface area (Å²) >= 11 is 1.48. The molecule has 2 aromatic carbocycles. The van der Waals surface area contributed by atoms with Crippen LogP contribution in [0.5, 0.6) is 0 Å². The van der Waals surface area contributed by atoms with Gasteiger partial charge >= 0.3 is 0 Å². The Balaban J connectivity index is 1.83. The van der Waals surface area contributed by atoms with Crippen LogP contribution in [0.2, 0.25) is 0 Å². The monoisotopic (exact) mass is 356 g/mol. The van der Waals surface area contributed by atoms with Crippen LogP contribution >= 0.6 is 11.8 Å². The third kappa shape index (κ3) is 5.64. The van der Waals surface area contributed by atoms with Crippen molar-refractivity contribution in [1.82, 2.24) is 5.32 Å². The lowest BCUT2D eigenvalue weighted by molar-refractivity contribution is -0.123. The molecule has 0 saturated heterocycles. The molecule has 2 N–H and O–H groups in total. The Bertz CT molecular complexity index is 757. The molecule has 1 atom stereocenters. The highest BCUT2D eigenvalue weighted by atomic mass is 32.2. The summed E-state index contributed by atoms with van der Waals surface area (Å²) in [4.78, 5) is 25.3. The van der Waals surface area contributed by atoms with Gasteiger partial charge in [-0.15, -0.1) is 11.8 Å². The molecule has 0 fully saturated rings. The number of hydrogen-bond acceptors (Lipinski definition) is 3. The van der Waals surface area contributed by atoms with Crippen LogP contribution in [0.3, 0.4) is 0 Å². The number of rotatable bonds is 6. The number of carbonyl (C=O) groups is 2. The topological polar surface area (TPSA) is 58.2 Å². The number of nitrogens with one attached hydrogen (secondary N) is 2. The van der Waals surface area contributed by atoms with Gasteiger partial charge in [0.1, 0.15) is 0 Å². The molecule has 2 rings (SSSR count). The minimum atomic E-state index is -0.267. The third-order valence-corrected chi connectivity index (χ3v) is 5.12. The smallest absolute Gasteiger partial charge is 0.243 e. The van der Waals surface area contributed by atoms with E-state index in [0.29, 0.717) is 0 Å². The van der Waals surface area contributed by atoms with Crippen LogP contribution < -0.4 is 10.6 Å². The highest BCUT2D eigenvalue weighted by Crippen LogP contribution is 2.23. The van der Waals surface area contributed by atoms with Gasteiger partial charge in [-0.3, -0.25) is 9.59 Å². The quantitative estimate of drug-likeness (QED) is 0.773. The van der Waals surface area contributed by atoms with Crippen LogP contribution in [-0.2, 0) is 9.59 Å². The van der Waals surface area contributed by atoms with Gasteiger partial charge in [0, 0.05) is 10.6 Å². The fraction of sp³-hybridized carbons (Fsp3) is 0.300. The van der Waals surface area contributed by atoms with E-state index < -0.39 is 0 Å². The molecule has 4 nitrogen and oxygen atoms in total. The van der Waals surface area contributed by atoms with Crippen LogP contribution in [-0.4, -0.2) is 23.6 Å². The van der Waals surface area contributed by atoms with Gasteiger partial charge in [0.2, 0.25) is 11.8 Å². The molecule has 0 spiro atoms. The van der Waals surface area contributed by atoms with Gasteiger partial charge in [-0.25, -0.2) is 0 Å². The predicted molar refractivity (Wildman–Crippen MR) is 104 cm³/mol. The second kappa shape index (κ2) is 8.72. The second-order valence-electron chi connectivity index (χ2n) is 6.09. The number of anilines is 1. The molecule has 0 aliphatic heterocycles. The maximum Gasteiger partial charge on any atom is 0.243 e. The molecule has 0 unspecified atom stereocenters. The molecule has 0 heterocycles. The van der Waals surface area contributed by atoms with E-state index in [1.54, 1.807) is 0 Å². The van der Waals surface area contributed by atoms with Crippen molar-refractivity contribution in [2.75, 3.05) is 11.9 Å². The molecule has 0 radical (unpaired) electrons. The fourth-order valence-electron chi connectivity index (χ4n) is 2.27. The van der Waals surface area contributed by atoms with Gasteiger partial charge in [0.25, 0.3) is 0 Å². The van der Waals surface area contributed by atoms with Crippen molar-refractivity contribution in [1.29, 1.82) is 0 Å². The van der Waals surface area contributed by atoms with Gasteiger partial charge in [0.05, 0.1) is 11.8 Å². The van der Waals surface area contributed by atoms with Gasteiger partial charge < -0.3 is 10.6 Å². The summed E-state index contributed by atoms with van der Waals surface area (Å²) < 4.78 is 0. The summed E-state index contributed by atoms with van der Waals surface area (Å²) in [6.45, 7) is 7.78. The molecular formula is C20H24N2O2S. The van der Waals surface area contributed by atoms with E-state index in [2.05, 4.69) is 10.6 Å². The van der Waals surface area contributed by atoms with E-state index in [-0.39, 0.29) is 23.6 Å². The Morgan fingerprint density at radius 2 is 1.72 bits per heavy atom. The summed E-state index contributed by atoms with van der Waals surface area (Å²) in [6, 6.07) is 13.8. The predicted octanol–water partition coefficient (Wildman–Crippen LogP) is 3.85. The zero-order valence-corrected chi connectivity index (χ0v) is 15.9. The van der Waals surface area contributed by atoms with E-state index in [1.807, 2.05) is 70.2 Å². The first-order chi connectivity index (χ1) is 11.9. The second-order valence-corrected chi connectivity index (χ2v) is 7.50. The summed E-state index contributed by atoms with van der Waals surface area (Å²) in [7, 11) is 0. The summed E-state index contributed by atoms with van der Waals surface area (Å²) in [5.74, 6) is -0.378. The van der Waals surface area contributed by atoms with Crippen molar-refractivity contribution in [2.24, 2.45) is 0 Å². The minimum Gasteiger partial charge on any atom is -0.346 e. The summed E-state index contributed by atoms with van der Waals surface area (Å²) in [6.07, 6.45) is 0. The molecular weight excluding hydrogens is 332 g/mol. The first kappa shape index (κ1) is 19.1. The Labute approximate surface area is 153 Å². The number of aryl methyl sites for hydroxylation is 2. The standard InChI is InChI=1S/C20H24N2O2S/c1-13-8-10-17(11-9-13)25-16(4)20(24)21-12-19(23)22-18-7-5-6-14(2)15(18)3/h5-11,16H,12H2,1-4H3,(H,21,24)(H,22,23)/t16-/m1/s1. The van der Waals surface area contributed by atoms with Crippen LogP contribution in [0.15, 0.2) is 47.4 Å². The van der Waals surface area contributed by atoms with Gasteiger partial charge in [-0.05, 0) is 57.0 Å². The van der Waals surface area contributed by atoms with Gasteiger partial charge in [-0.1, -0.05) is 29.8 Å². The number of amides is 2. The Morgan fingerprint density at radius 1 is 1.04 bits per heavy atom. The Kier molecular flexibility index (Phi) is 6.65. The van der Waals surface area contributed by atoms with Crippen LogP contribution in [0.4, 0.5) is 5.69 Å². The van der Waals surface area contributed by atoms with Crippen molar-refractivity contribution in [3.63, 3.8) is 0 Å². The SMILES string of the molecule is Cc1ccc(S[C@H](C)C(=O)NCC(=O)Nc2cccc(C)c2C)cc1. The van der Waals surface area contributed by atoms with Gasteiger partial charge in [-0.2, -0.15) is 0 Å². The highest BCUT2D eigenvalue weighted by molar-refractivity contribution is 8.00. The van der Waals surface area contributed by atoms with Gasteiger partial charge in [0.15, 0.2) is 0 Å². The largest absolute Gasteiger partial charge is 0.346 e. The van der Waals surface area contributed by atoms with Crippen molar-refractivity contribution in [2.45, 2.75) is 37.8 Å². The molecule has 0 saturated carbocycles. The molecule has 25 heavy (non-hydrogen) atoms. The Hall–Kier alpha value is -2.27. The van der Waals surface area contributed by atoms with E-state index in [1.165, 1.54) is 17.3 Å². The van der Waals surface area contributed by atoms with Crippen molar-refractivity contribution >= 4 is 29.3 Å². The molecule has 132 valence electrons. The fourth-order valence-corrected chi connectivity index (χ4v) is 3.16. The lowest BCUT2D eigenvalue weighted by atomic mass is 10.1.